The maximum absolute atomic E-state index is 13.5. The predicted octanol–water partition coefficient (Wildman–Crippen LogP) is 4.09. The summed E-state index contributed by atoms with van der Waals surface area (Å²) in [5.41, 5.74) is 2.66. The van der Waals surface area contributed by atoms with Crippen LogP contribution in [0.4, 0.5) is 10.1 Å². The summed E-state index contributed by atoms with van der Waals surface area (Å²) in [4.78, 5) is 15.3. The summed E-state index contributed by atoms with van der Waals surface area (Å²) < 4.78 is 13.5. The first-order chi connectivity index (χ1) is 13.3. The Balaban J connectivity index is 0.00000420. The van der Waals surface area contributed by atoms with Crippen LogP contribution < -0.4 is 16.0 Å². The van der Waals surface area contributed by atoms with Crippen LogP contribution in [0.15, 0.2) is 53.5 Å². The van der Waals surface area contributed by atoms with Crippen LogP contribution in [-0.2, 0) is 16.6 Å². The van der Waals surface area contributed by atoms with Crippen LogP contribution in [-0.4, -0.2) is 32.0 Å². The number of anilines is 1. The third-order valence-electron chi connectivity index (χ3n) is 4.51. The summed E-state index contributed by atoms with van der Waals surface area (Å²) in [6.07, 6.45) is 0.828. The van der Waals surface area contributed by atoms with Crippen molar-refractivity contribution in [1.82, 2.24) is 10.6 Å². The van der Waals surface area contributed by atoms with Gasteiger partial charge in [-0.05, 0) is 41.8 Å². The lowest BCUT2D eigenvalue weighted by atomic mass is 9.84. The van der Waals surface area contributed by atoms with Crippen molar-refractivity contribution in [2.75, 3.05) is 25.5 Å². The lowest BCUT2D eigenvalue weighted by molar-refractivity contribution is -0.114. The normalized spacial score (nSPS) is 11.4. The molecule has 29 heavy (non-hydrogen) atoms. The third-order valence-corrected chi connectivity index (χ3v) is 4.51. The first-order valence-corrected chi connectivity index (χ1v) is 9.37. The van der Waals surface area contributed by atoms with E-state index in [0.29, 0.717) is 12.5 Å². The van der Waals surface area contributed by atoms with E-state index in [1.54, 1.807) is 19.2 Å². The Kier molecular flexibility index (Phi) is 10.1. The van der Waals surface area contributed by atoms with Crippen molar-refractivity contribution in [2.24, 2.45) is 4.99 Å². The van der Waals surface area contributed by atoms with E-state index in [1.807, 2.05) is 30.3 Å². The van der Waals surface area contributed by atoms with Gasteiger partial charge in [-0.15, -0.1) is 24.0 Å². The Morgan fingerprint density at radius 3 is 2.38 bits per heavy atom. The highest BCUT2D eigenvalue weighted by atomic mass is 127. The van der Waals surface area contributed by atoms with Gasteiger partial charge in [0.25, 0.3) is 0 Å². The van der Waals surface area contributed by atoms with Crippen LogP contribution in [0.2, 0.25) is 0 Å². The summed E-state index contributed by atoms with van der Waals surface area (Å²) in [6.45, 7) is 6.98. The van der Waals surface area contributed by atoms with E-state index in [4.69, 9.17) is 0 Å². The van der Waals surface area contributed by atoms with Crippen LogP contribution in [0.25, 0.3) is 0 Å². The summed E-state index contributed by atoms with van der Waals surface area (Å²) in [5, 5.41) is 9.36. The van der Waals surface area contributed by atoms with Crippen LogP contribution in [0.3, 0.4) is 0 Å². The Labute approximate surface area is 189 Å². The number of benzene rings is 2. The molecule has 3 N–H and O–H groups in total. The van der Waals surface area contributed by atoms with Crippen molar-refractivity contribution in [3.05, 3.63) is 65.5 Å². The van der Waals surface area contributed by atoms with Crippen molar-refractivity contribution in [3.63, 3.8) is 0 Å². The van der Waals surface area contributed by atoms with E-state index in [0.717, 1.165) is 29.8 Å². The molecule has 0 saturated heterocycles. The van der Waals surface area contributed by atoms with Crippen LogP contribution in [0.1, 0.15) is 31.9 Å². The smallest absolute Gasteiger partial charge is 0.221 e. The Hall–Kier alpha value is -2.16. The average molecular weight is 512 g/mol. The van der Waals surface area contributed by atoms with Crippen molar-refractivity contribution in [1.29, 1.82) is 0 Å². The molecule has 0 saturated carbocycles. The van der Waals surface area contributed by atoms with Crippen molar-refractivity contribution in [2.45, 2.75) is 32.6 Å². The topological polar surface area (TPSA) is 65.5 Å². The molecule has 0 aromatic heterocycles. The summed E-state index contributed by atoms with van der Waals surface area (Å²) in [7, 11) is 1.73. The van der Waals surface area contributed by atoms with E-state index in [2.05, 4.69) is 34.8 Å². The second-order valence-electron chi connectivity index (χ2n) is 7.37. The minimum absolute atomic E-state index is 0. The Morgan fingerprint density at radius 1 is 1.10 bits per heavy atom. The maximum atomic E-state index is 13.5. The largest absolute Gasteiger partial charge is 0.356 e. The minimum Gasteiger partial charge on any atom is -0.356 e. The molecular weight excluding hydrogens is 482 g/mol. The van der Waals surface area contributed by atoms with Gasteiger partial charge in [-0.25, -0.2) is 4.39 Å². The number of aliphatic imine (C=N–C) groups is 1. The number of carbonyl (C=O) groups is 1. The molecule has 7 heteroatoms. The highest BCUT2D eigenvalue weighted by Gasteiger charge is 2.21. The molecule has 0 aliphatic heterocycles. The van der Waals surface area contributed by atoms with Crippen LogP contribution in [0, 0.1) is 5.82 Å². The minimum atomic E-state index is -0.237. The number of hydrogen-bond donors (Lipinski definition) is 3. The van der Waals surface area contributed by atoms with E-state index < -0.39 is 0 Å². The molecule has 0 fully saturated rings. The Morgan fingerprint density at radius 2 is 1.79 bits per heavy atom. The molecule has 2 aromatic carbocycles. The van der Waals surface area contributed by atoms with Crippen LogP contribution in [0.5, 0.6) is 0 Å². The molecule has 0 atom stereocenters. The van der Waals surface area contributed by atoms with Gasteiger partial charge in [0.2, 0.25) is 5.91 Å². The fourth-order valence-electron chi connectivity index (χ4n) is 2.82. The van der Waals surface area contributed by atoms with Gasteiger partial charge < -0.3 is 16.0 Å². The second kappa shape index (κ2) is 11.7. The van der Waals surface area contributed by atoms with Crippen molar-refractivity contribution >= 4 is 41.5 Å². The molecule has 2 rings (SSSR count). The highest BCUT2D eigenvalue weighted by molar-refractivity contribution is 14.0. The van der Waals surface area contributed by atoms with Crippen molar-refractivity contribution in [3.8, 4) is 0 Å². The lowest BCUT2D eigenvalue weighted by Gasteiger charge is -2.27. The molecule has 0 radical (unpaired) electrons. The maximum Gasteiger partial charge on any atom is 0.221 e. The van der Waals surface area contributed by atoms with E-state index >= 15 is 0 Å². The summed E-state index contributed by atoms with van der Waals surface area (Å²) in [6, 6.07) is 14.5. The molecule has 0 aliphatic carbocycles. The molecule has 5 nitrogen and oxygen atoms in total. The molecule has 0 bridgehead atoms. The molecule has 158 valence electrons. The number of halogens is 2. The third kappa shape index (κ3) is 8.39. The molecular formula is C22H30FIN4O. The van der Waals surface area contributed by atoms with Gasteiger partial charge in [-0.1, -0.05) is 38.1 Å². The standard InChI is InChI=1S/C22H29FN4O.HI/c1-16(28)27-20-10-8-17(9-11-20)12-13-25-21(24-4)26-15-22(2,3)18-6-5-7-19(23)14-18;/h5-11,14H,12-13,15H2,1-4H3,(H,27,28)(H2,24,25,26);1H. The number of carbonyl (C=O) groups excluding carboxylic acids is 1. The lowest BCUT2D eigenvalue weighted by Crippen LogP contribution is -2.44. The zero-order valence-electron chi connectivity index (χ0n) is 17.4. The zero-order chi connectivity index (χ0) is 20.6. The van der Waals surface area contributed by atoms with E-state index in [-0.39, 0.29) is 41.1 Å². The fraction of sp³-hybridized carbons (Fsp3) is 0.364. The summed E-state index contributed by atoms with van der Waals surface area (Å²) >= 11 is 0. The van der Waals surface area contributed by atoms with Gasteiger partial charge in [-0.3, -0.25) is 9.79 Å². The fourth-order valence-corrected chi connectivity index (χ4v) is 2.82. The van der Waals surface area contributed by atoms with E-state index in [1.165, 1.54) is 13.0 Å². The number of nitrogens with zero attached hydrogens (tertiary/aromatic N) is 1. The zero-order valence-corrected chi connectivity index (χ0v) is 19.7. The molecule has 0 heterocycles. The van der Waals surface area contributed by atoms with E-state index in [9.17, 15) is 9.18 Å². The average Bonchev–Trinajstić information content (AvgIpc) is 2.65. The molecule has 2 aromatic rings. The molecule has 0 unspecified atom stereocenters. The number of hydrogen-bond acceptors (Lipinski definition) is 2. The Bertz CT molecular complexity index is 822. The summed E-state index contributed by atoms with van der Waals surface area (Å²) in [5.74, 6) is 0.405. The van der Waals surface area contributed by atoms with Crippen LogP contribution >= 0.6 is 24.0 Å². The SMILES string of the molecule is CN=C(NCCc1ccc(NC(C)=O)cc1)NCC(C)(C)c1cccc(F)c1.I. The van der Waals surface area contributed by atoms with Crippen molar-refractivity contribution < 1.29 is 9.18 Å². The van der Waals surface area contributed by atoms with Gasteiger partial charge in [0, 0.05) is 38.2 Å². The van der Waals surface area contributed by atoms with Gasteiger partial charge in [0.05, 0.1) is 0 Å². The molecule has 0 spiro atoms. The number of rotatable bonds is 7. The highest BCUT2D eigenvalue weighted by Crippen LogP contribution is 2.22. The van der Waals surface area contributed by atoms with Gasteiger partial charge in [0.1, 0.15) is 5.82 Å². The first-order valence-electron chi connectivity index (χ1n) is 9.37. The number of nitrogens with one attached hydrogen (secondary N) is 3. The number of guanidine groups is 1. The second-order valence-corrected chi connectivity index (χ2v) is 7.37. The monoisotopic (exact) mass is 512 g/mol. The van der Waals surface area contributed by atoms with Gasteiger partial charge >= 0.3 is 0 Å². The molecule has 0 aliphatic rings. The predicted molar refractivity (Wildman–Crippen MR) is 129 cm³/mol. The quantitative estimate of drug-likeness (QED) is 0.298. The molecule has 1 amide bonds. The van der Waals surface area contributed by atoms with Gasteiger partial charge in [-0.2, -0.15) is 0 Å². The van der Waals surface area contributed by atoms with Gasteiger partial charge in [0.15, 0.2) is 5.96 Å². The first kappa shape index (κ1) is 24.9. The number of amides is 1.